The summed E-state index contributed by atoms with van der Waals surface area (Å²) in [6.07, 6.45) is -2.39. The number of benzene rings is 1. The third-order valence-electron chi connectivity index (χ3n) is 2.08. The predicted octanol–water partition coefficient (Wildman–Crippen LogP) is 4.01. The van der Waals surface area contributed by atoms with Crippen LogP contribution < -0.4 is 4.74 Å². The van der Waals surface area contributed by atoms with Gasteiger partial charge in [-0.2, -0.15) is 13.2 Å². The number of ether oxygens (including phenoxy) is 1. The molecule has 0 saturated heterocycles. The number of rotatable bonds is 2. The largest absolute Gasteiger partial charge is 0.489 e. The first-order chi connectivity index (χ1) is 6.97. The van der Waals surface area contributed by atoms with Crippen LogP contribution >= 0.6 is 15.9 Å². The van der Waals surface area contributed by atoms with E-state index in [0.29, 0.717) is 4.47 Å². The van der Waals surface area contributed by atoms with Crippen LogP contribution in [0.15, 0.2) is 22.7 Å². The molecule has 5 heteroatoms. The maximum absolute atomic E-state index is 12.4. The van der Waals surface area contributed by atoms with Crippen LogP contribution in [0, 0.1) is 0 Å². The van der Waals surface area contributed by atoms with Gasteiger partial charge in [0.1, 0.15) is 5.75 Å². The molecule has 0 bridgehead atoms. The lowest BCUT2D eigenvalue weighted by molar-refractivity contribution is -0.137. The highest BCUT2D eigenvalue weighted by Crippen LogP contribution is 2.37. The van der Waals surface area contributed by atoms with Gasteiger partial charge in [-0.25, -0.2) is 0 Å². The first kappa shape index (κ1) is 10.8. The Bertz CT molecular complexity index is 371. The Balaban J connectivity index is 2.27. The van der Waals surface area contributed by atoms with E-state index in [-0.39, 0.29) is 11.9 Å². The van der Waals surface area contributed by atoms with Crippen molar-refractivity contribution in [2.45, 2.75) is 25.1 Å². The highest BCUT2D eigenvalue weighted by Gasteiger charge is 2.32. The molecule has 2 rings (SSSR count). The first-order valence-electron chi connectivity index (χ1n) is 4.50. The molecule has 0 aliphatic heterocycles. The molecule has 1 aliphatic rings. The molecule has 0 N–H and O–H groups in total. The molecule has 0 atom stereocenters. The van der Waals surface area contributed by atoms with E-state index in [9.17, 15) is 13.2 Å². The van der Waals surface area contributed by atoms with Gasteiger partial charge in [0.15, 0.2) is 0 Å². The van der Waals surface area contributed by atoms with Gasteiger partial charge in [0.05, 0.1) is 16.1 Å². The first-order valence-corrected chi connectivity index (χ1v) is 5.29. The number of halogens is 4. The second-order valence-corrected chi connectivity index (χ2v) is 4.31. The van der Waals surface area contributed by atoms with E-state index < -0.39 is 11.7 Å². The minimum atomic E-state index is -4.32. The molecule has 1 aromatic rings. The van der Waals surface area contributed by atoms with Gasteiger partial charge in [0.25, 0.3) is 0 Å². The molecule has 0 radical (unpaired) electrons. The zero-order chi connectivity index (χ0) is 11.1. The van der Waals surface area contributed by atoms with Crippen molar-refractivity contribution < 1.29 is 17.9 Å². The van der Waals surface area contributed by atoms with Gasteiger partial charge in [-0.3, -0.25) is 0 Å². The topological polar surface area (TPSA) is 9.23 Å². The third kappa shape index (κ3) is 2.65. The molecule has 0 amide bonds. The minimum Gasteiger partial charge on any atom is -0.489 e. The van der Waals surface area contributed by atoms with Crippen molar-refractivity contribution in [3.8, 4) is 5.75 Å². The van der Waals surface area contributed by atoms with E-state index in [1.165, 1.54) is 6.07 Å². The van der Waals surface area contributed by atoms with Crippen molar-refractivity contribution >= 4 is 15.9 Å². The SMILES string of the molecule is FC(F)(F)c1ccc(Br)c(OC2CC2)c1. The number of hydrogen-bond acceptors (Lipinski definition) is 1. The molecular formula is C10H8BrF3O. The highest BCUT2D eigenvalue weighted by molar-refractivity contribution is 9.10. The minimum absolute atomic E-state index is 0.0878. The van der Waals surface area contributed by atoms with Gasteiger partial charge < -0.3 is 4.74 Å². The summed E-state index contributed by atoms with van der Waals surface area (Å²) in [4.78, 5) is 0. The molecular weight excluding hydrogens is 273 g/mol. The fourth-order valence-electron chi connectivity index (χ4n) is 1.14. The van der Waals surface area contributed by atoms with E-state index >= 15 is 0 Å². The summed E-state index contributed by atoms with van der Waals surface area (Å²) in [5.74, 6) is 0.271. The van der Waals surface area contributed by atoms with E-state index in [4.69, 9.17) is 4.74 Å². The zero-order valence-electron chi connectivity index (χ0n) is 7.64. The maximum atomic E-state index is 12.4. The highest BCUT2D eigenvalue weighted by atomic mass is 79.9. The number of hydrogen-bond donors (Lipinski definition) is 0. The van der Waals surface area contributed by atoms with Crippen LogP contribution in [0.3, 0.4) is 0 Å². The Labute approximate surface area is 93.4 Å². The molecule has 1 fully saturated rings. The summed E-state index contributed by atoms with van der Waals surface area (Å²) in [5, 5.41) is 0. The average molecular weight is 281 g/mol. The lowest BCUT2D eigenvalue weighted by Gasteiger charge is -2.11. The summed E-state index contributed by atoms with van der Waals surface area (Å²) < 4.78 is 43.0. The van der Waals surface area contributed by atoms with Crippen LogP contribution in [0.25, 0.3) is 0 Å². The van der Waals surface area contributed by atoms with Gasteiger partial charge in [0, 0.05) is 0 Å². The van der Waals surface area contributed by atoms with Crippen molar-refractivity contribution in [1.29, 1.82) is 0 Å². The monoisotopic (exact) mass is 280 g/mol. The van der Waals surface area contributed by atoms with Crippen molar-refractivity contribution in [2.24, 2.45) is 0 Å². The molecule has 1 saturated carbocycles. The molecule has 82 valence electrons. The van der Waals surface area contributed by atoms with Crippen molar-refractivity contribution in [3.05, 3.63) is 28.2 Å². The van der Waals surface area contributed by atoms with Crippen molar-refractivity contribution in [2.75, 3.05) is 0 Å². The Morgan fingerprint density at radius 1 is 1.27 bits per heavy atom. The van der Waals surface area contributed by atoms with Crippen LogP contribution in [-0.2, 0) is 6.18 Å². The van der Waals surface area contributed by atoms with Crippen LogP contribution in [0.5, 0.6) is 5.75 Å². The lowest BCUT2D eigenvalue weighted by atomic mass is 10.2. The van der Waals surface area contributed by atoms with Crippen LogP contribution in [0.2, 0.25) is 0 Å². The van der Waals surface area contributed by atoms with E-state index in [1.54, 1.807) is 0 Å². The molecule has 1 aliphatic carbocycles. The smallest absolute Gasteiger partial charge is 0.416 e. The van der Waals surface area contributed by atoms with Gasteiger partial charge in [-0.15, -0.1) is 0 Å². The summed E-state index contributed by atoms with van der Waals surface area (Å²) in [6, 6.07) is 3.42. The number of alkyl halides is 3. The van der Waals surface area contributed by atoms with Gasteiger partial charge >= 0.3 is 6.18 Å². The Hall–Kier alpha value is -0.710. The molecule has 1 nitrogen and oxygen atoms in total. The van der Waals surface area contributed by atoms with Gasteiger partial charge in [0.2, 0.25) is 0 Å². The molecule has 15 heavy (non-hydrogen) atoms. The van der Waals surface area contributed by atoms with E-state index in [1.807, 2.05) is 0 Å². The molecule has 0 aromatic heterocycles. The Kier molecular flexibility index (Phi) is 2.66. The Morgan fingerprint density at radius 2 is 1.93 bits per heavy atom. The lowest BCUT2D eigenvalue weighted by Crippen LogP contribution is -2.06. The van der Waals surface area contributed by atoms with Crippen LogP contribution in [-0.4, -0.2) is 6.10 Å². The van der Waals surface area contributed by atoms with E-state index in [2.05, 4.69) is 15.9 Å². The van der Waals surface area contributed by atoms with Crippen molar-refractivity contribution in [3.63, 3.8) is 0 Å². The fourth-order valence-corrected chi connectivity index (χ4v) is 1.48. The second kappa shape index (κ2) is 3.70. The summed E-state index contributed by atoms with van der Waals surface area (Å²) in [6.45, 7) is 0. The van der Waals surface area contributed by atoms with Crippen LogP contribution in [0.1, 0.15) is 18.4 Å². The summed E-state index contributed by atoms with van der Waals surface area (Å²) in [7, 11) is 0. The molecule has 1 aromatic carbocycles. The second-order valence-electron chi connectivity index (χ2n) is 3.46. The maximum Gasteiger partial charge on any atom is 0.416 e. The average Bonchev–Trinajstić information content (AvgIpc) is 2.90. The summed E-state index contributed by atoms with van der Waals surface area (Å²) in [5.41, 5.74) is -0.679. The standard InChI is InChI=1S/C10H8BrF3O/c11-8-4-1-6(10(12,13)14)5-9(8)15-7-2-3-7/h1,4-5,7H,2-3H2. The summed E-state index contributed by atoms with van der Waals surface area (Å²) >= 11 is 3.16. The molecule has 0 heterocycles. The quantitative estimate of drug-likeness (QED) is 0.795. The predicted molar refractivity (Wildman–Crippen MR) is 52.8 cm³/mol. The fraction of sp³-hybridized carbons (Fsp3) is 0.400. The van der Waals surface area contributed by atoms with Gasteiger partial charge in [-0.1, -0.05) is 0 Å². The zero-order valence-corrected chi connectivity index (χ0v) is 9.23. The van der Waals surface area contributed by atoms with Crippen LogP contribution in [0.4, 0.5) is 13.2 Å². The molecule has 0 spiro atoms. The molecule has 0 unspecified atom stereocenters. The third-order valence-corrected chi connectivity index (χ3v) is 2.73. The Morgan fingerprint density at radius 3 is 2.47 bits per heavy atom. The normalized spacial score (nSPS) is 16.5. The van der Waals surface area contributed by atoms with Gasteiger partial charge in [-0.05, 0) is 47.0 Å². The van der Waals surface area contributed by atoms with E-state index in [0.717, 1.165) is 25.0 Å². The van der Waals surface area contributed by atoms with Crippen molar-refractivity contribution in [1.82, 2.24) is 0 Å².